The van der Waals surface area contributed by atoms with E-state index in [9.17, 15) is 9.59 Å². The number of hydrogen-bond donors (Lipinski definition) is 1. The Morgan fingerprint density at radius 1 is 1.04 bits per heavy atom. The summed E-state index contributed by atoms with van der Waals surface area (Å²) in [6.45, 7) is 7.76. The van der Waals surface area contributed by atoms with Crippen molar-refractivity contribution in [3.63, 3.8) is 0 Å². The summed E-state index contributed by atoms with van der Waals surface area (Å²) < 4.78 is 0. The Hall–Kier alpha value is -2.34. The van der Waals surface area contributed by atoms with Crippen LogP contribution in [0, 0.1) is 6.92 Å². The van der Waals surface area contributed by atoms with E-state index in [1.807, 2.05) is 34.9 Å². The molecule has 0 aliphatic carbocycles. The van der Waals surface area contributed by atoms with Crippen LogP contribution in [0.2, 0.25) is 0 Å². The zero-order valence-electron chi connectivity index (χ0n) is 16.0. The second-order valence-electron chi connectivity index (χ2n) is 7.75. The molecule has 1 aromatic carbocycles. The molecule has 2 saturated heterocycles. The normalized spacial score (nSPS) is 19.1. The Bertz CT molecular complexity index is 838. The van der Waals surface area contributed by atoms with E-state index in [0.717, 1.165) is 37.1 Å². The molecule has 4 rings (SSSR count). The number of aromatic nitrogens is 1. The summed E-state index contributed by atoms with van der Waals surface area (Å²) in [5.74, 6) is 0.148. The lowest BCUT2D eigenvalue weighted by atomic mass is 10.2. The average molecular weight is 368 g/mol. The molecule has 3 heterocycles. The van der Waals surface area contributed by atoms with Crippen LogP contribution in [0.3, 0.4) is 0 Å². The molecule has 0 atom stereocenters. The molecule has 6 heteroatoms. The van der Waals surface area contributed by atoms with Gasteiger partial charge in [0.2, 0.25) is 5.91 Å². The summed E-state index contributed by atoms with van der Waals surface area (Å²) in [6.07, 6.45) is 2.94. The van der Waals surface area contributed by atoms with Gasteiger partial charge in [-0.3, -0.25) is 9.59 Å². The summed E-state index contributed by atoms with van der Waals surface area (Å²) in [5.41, 5.74) is 2.75. The van der Waals surface area contributed by atoms with Crippen molar-refractivity contribution in [2.75, 3.05) is 45.8 Å². The predicted octanol–water partition coefficient (Wildman–Crippen LogP) is 2.25. The predicted molar refractivity (Wildman–Crippen MR) is 106 cm³/mol. The van der Waals surface area contributed by atoms with Gasteiger partial charge in [-0.2, -0.15) is 0 Å². The molecule has 27 heavy (non-hydrogen) atoms. The molecular weight excluding hydrogens is 340 g/mol. The van der Waals surface area contributed by atoms with Gasteiger partial charge in [-0.1, -0.05) is 11.6 Å². The molecule has 0 unspecified atom stereocenters. The highest BCUT2D eigenvalue weighted by atomic mass is 16.2. The van der Waals surface area contributed by atoms with Crippen LogP contribution < -0.4 is 0 Å². The third-order valence-corrected chi connectivity index (χ3v) is 5.77. The number of H-pyrrole nitrogens is 1. The van der Waals surface area contributed by atoms with E-state index in [2.05, 4.69) is 16.0 Å². The molecule has 2 aliphatic heterocycles. The van der Waals surface area contributed by atoms with E-state index in [1.165, 1.54) is 18.4 Å². The number of rotatable bonds is 4. The Morgan fingerprint density at radius 3 is 2.67 bits per heavy atom. The van der Waals surface area contributed by atoms with Gasteiger partial charge in [0.05, 0.1) is 0 Å². The van der Waals surface area contributed by atoms with Gasteiger partial charge in [-0.15, -0.1) is 0 Å². The van der Waals surface area contributed by atoms with Crippen molar-refractivity contribution in [3.05, 3.63) is 35.5 Å². The SMILES string of the molecule is Cc1ccc2[nH]c(C(=O)N3CCC(=O)N(CCN4CCCC4)CC3)cc2c1. The largest absolute Gasteiger partial charge is 0.351 e. The van der Waals surface area contributed by atoms with Gasteiger partial charge in [0.15, 0.2) is 0 Å². The topological polar surface area (TPSA) is 59.7 Å². The van der Waals surface area contributed by atoms with Gasteiger partial charge in [0.25, 0.3) is 5.91 Å². The van der Waals surface area contributed by atoms with Crippen LogP contribution in [0.4, 0.5) is 0 Å². The van der Waals surface area contributed by atoms with E-state index in [4.69, 9.17) is 0 Å². The molecule has 0 radical (unpaired) electrons. The highest BCUT2D eigenvalue weighted by Gasteiger charge is 2.25. The van der Waals surface area contributed by atoms with Gasteiger partial charge in [0.1, 0.15) is 5.69 Å². The van der Waals surface area contributed by atoms with E-state index in [0.29, 0.717) is 31.7 Å². The fourth-order valence-electron chi connectivity index (χ4n) is 4.11. The van der Waals surface area contributed by atoms with E-state index in [-0.39, 0.29) is 11.8 Å². The first kappa shape index (κ1) is 18.0. The highest BCUT2D eigenvalue weighted by Crippen LogP contribution is 2.19. The lowest BCUT2D eigenvalue weighted by molar-refractivity contribution is -0.130. The zero-order valence-corrected chi connectivity index (χ0v) is 16.0. The molecule has 2 fully saturated rings. The molecular formula is C21H28N4O2. The summed E-state index contributed by atoms with van der Waals surface area (Å²) in [7, 11) is 0. The third-order valence-electron chi connectivity index (χ3n) is 5.77. The van der Waals surface area contributed by atoms with Crippen LogP contribution in [0.5, 0.6) is 0 Å². The average Bonchev–Trinajstić information content (AvgIpc) is 3.28. The van der Waals surface area contributed by atoms with Crippen molar-refractivity contribution in [3.8, 4) is 0 Å². The van der Waals surface area contributed by atoms with Crippen molar-refractivity contribution in [1.29, 1.82) is 0 Å². The number of nitrogens with zero attached hydrogens (tertiary/aromatic N) is 3. The summed E-state index contributed by atoms with van der Waals surface area (Å²) in [4.78, 5) is 34.8. The minimum Gasteiger partial charge on any atom is -0.351 e. The maximum absolute atomic E-state index is 12.9. The monoisotopic (exact) mass is 368 g/mol. The van der Waals surface area contributed by atoms with Gasteiger partial charge >= 0.3 is 0 Å². The first-order valence-electron chi connectivity index (χ1n) is 9.99. The van der Waals surface area contributed by atoms with Gasteiger partial charge in [-0.25, -0.2) is 0 Å². The Morgan fingerprint density at radius 2 is 1.85 bits per heavy atom. The van der Waals surface area contributed by atoms with Crippen LogP contribution in [0.1, 0.15) is 35.3 Å². The van der Waals surface area contributed by atoms with Gasteiger partial charge in [-0.05, 0) is 51.1 Å². The number of hydrogen-bond acceptors (Lipinski definition) is 3. The van der Waals surface area contributed by atoms with Crippen LogP contribution in [0.25, 0.3) is 10.9 Å². The first-order valence-corrected chi connectivity index (χ1v) is 9.99. The maximum atomic E-state index is 12.9. The number of carbonyl (C=O) groups is 2. The number of aromatic amines is 1. The number of likely N-dealkylation sites (tertiary alicyclic amines) is 1. The fraction of sp³-hybridized carbons (Fsp3) is 0.524. The van der Waals surface area contributed by atoms with Crippen LogP contribution in [-0.2, 0) is 4.79 Å². The van der Waals surface area contributed by atoms with Gasteiger partial charge in [0, 0.05) is 50.0 Å². The van der Waals surface area contributed by atoms with Crippen molar-refractivity contribution < 1.29 is 9.59 Å². The number of amides is 2. The molecule has 144 valence electrons. The molecule has 0 bridgehead atoms. The number of fused-ring (bicyclic) bond motifs is 1. The van der Waals surface area contributed by atoms with Crippen LogP contribution >= 0.6 is 0 Å². The maximum Gasteiger partial charge on any atom is 0.270 e. The molecule has 0 saturated carbocycles. The summed E-state index contributed by atoms with van der Waals surface area (Å²) >= 11 is 0. The summed E-state index contributed by atoms with van der Waals surface area (Å²) in [6, 6.07) is 8.04. The third kappa shape index (κ3) is 4.00. The van der Waals surface area contributed by atoms with Crippen molar-refractivity contribution in [2.45, 2.75) is 26.2 Å². The van der Waals surface area contributed by atoms with E-state index < -0.39 is 0 Å². The van der Waals surface area contributed by atoms with Crippen molar-refractivity contribution >= 4 is 22.7 Å². The van der Waals surface area contributed by atoms with E-state index >= 15 is 0 Å². The Kier molecular flexibility index (Phi) is 5.16. The minimum absolute atomic E-state index is 0.0157. The van der Waals surface area contributed by atoms with E-state index in [1.54, 1.807) is 0 Å². The number of benzene rings is 1. The Balaban J connectivity index is 1.40. The molecule has 2 aliphatic rings. The van der Waals surface area contributed by atoms with Crippen molar-refractivity contribution in [2.24, 2.45) is 0 Å². The lowest BCUT2D eigenvalue weighted by Gasteiger charge is -2.24. The number of aryl methyl sites for hydroxylation is 1. The van der Waals surface area contributed by atoms with Crippen LogP contribution in [0.15, 0.2) is 24.3 Å². The second-order valence-corrected chi connectivity index (χ2v) is 7.75. The lowest BCUT2D eigenvalue weighted by Crippen LogP contribution is -2.39. The molecule has 1 aromatic heterocycles. The molecule has 0 spiro atoms. The second kappa shape index (κ2) is 7.72. The van der Waals surface area contributed by atoms with Gasteiger partial charge < -0.3 is 19.7 Å². The molecule has 2 amide bonds. The van der Waals surface area contributed by atoms with Crippen molar-refractivity contribution in [1.82, 2.24) is 19.7 Å². The fourth-order valence-corrected chi connectivity index (χ4v) is 4.11. The highest BCUT2D eigenvalue weighted by molar-refractivity contribution is 5.98. The smallest absolute Gasteiger partial charge is 0.270 e. The Labute approximate surface area is 160 Å². The number of nitrogens with one attached hydrogen (secondary N) is 1. The molecule has 6 nitrogen and oxygen atoms in total. The number of carbonyl (C=O) groups excluding carboxylic acids is 2. The minimum atomic E-state index is -0.0157. The molecule has 2 aromatic rings. The molecule has 1 N–H and O–H groups in total. The zero-order chi connectivity index (χ0) is 18.8. The first-order chi connectivity index (χ1) is 13.1. The standard InChI is InChI=1S/C21H28N4O2/c1-16-4-5-18-17(14-16)15-19(22-18)21(27)25-9-6-20(26)24(12-13-25)11-10-23-7-2-3-8-23/h4-5,14-15,22H,2-3,6-13H2,1H3. The summed E-state index contributed by atoms with van der Waals surface area (Å²) in [5, 5.41) is 1.05. The quantitative estimate of drug-likeness (QED) is 0.900. The van der Waals surface area contributed by atoms with Crippen LogP contribution in [-0.4, -0.2) is 77.3 Å².